The third-order valence-electron chi connectivity index (χ3n) is 5.08. The third kappa shape index (κ3) is 4.37. The minimum absolute atomic E-state index is 0.00611. The molecule has 2 rings (SSSR count). The molecule has 0 spiro atoms. The summed E-state index contributed by atoms with van der Waals surface area (Å²) in [5.74, 6) is 1.51. The Bertz CT molecular complexity index is 617. The molecule has 0 bridgehead atoms. The van der Waals surface area contributed by atoms with E-state index in [1.54, 1.807) is 0 Å². The zero-order valence-corrected chi connectivity index (χ0v) is 16.2. The van der Waals surface area contributed by atoms with Crippen molar-refractivity contribution in [1.82, 2.24) is 0 Å². The van der Waals surface area contributed by atoms with Crippen LogP contribution >= 0.6 is 0 Å². The molecule has 0 amide bonds. The van der Waals surface area contributed by atoms with Gasteiger partial charge in [0.25, 0.3) is 0 Å². The first-order valence-electron chi connectivity index (χ1n) is 9.01. The summed E-state index contributed by atoms with van der Waals surface area (Å²) >= 11 is 0. The maximum absolute atomic E-state index is 8.89. The molecular formula is C22H30O4. The van der Waals surface area contributed by atoms with Crippen molar-refractivity contribution in [3.63, 3.8) is 0 Å². The van der Waals surface area contributed by atoms with Crippen molar-refractivity contribution in [3.8, 4) is 11.5 Å². The van der Waals surface area contributed by atoms with Gasteiger partial charge in [0.2, 0.25) is 0 Å². The smallest absolute Gasteiger partial charge is 0.119 e. The van der Waals surface area contributed by atoms with Crippen molar-refractivity contribution in [2.45, 2.75) is 33.1 Å². The lowest BCUT2D eigenvalue weighted by Crippen LogP contribution is -2.38. The van der Waals surface area contributed by atoms with Gasteiger partial charge in [0, 0.05) is 5.41 Å². The summed E-state index contributed by atoms with van der Waals surface area (Å²) in [6.07, 6.45) is 0. The predicted octanol–water partition coefficient (Wildman–Crippen LogP) is 3.78. The summed E-state index contributed by atoms with van der Waals surface area (Å²) < 4.78 is 11.0. The second kappa shape index (κ2) is 8.56. The van der Waals surface area contributed by atoms with E-state index in [-0.39, 0.29) is 24.0 Å². The molecule has 0 heterocycles. The second-order valence-electron chi connectivity index (χ2n) is 7.57. The van der Waals surface area contributed by atoms with Gasteiger partial charge in [0.15, 0.2) is 0 Å². The van der Waals surface area contributed by atoms with Crippen LogP contribution in [0.1, 0.15) is 38.8 Å². The lowest BCUT2D eigenvalue weighted by Gasteiger charge is -2.43. The molecule has 0 radical (unpaired) electrons. The van der Waals surface area contributed by atoms with Gasteiger partial charge in [-0.15, -0.1) is 0 Å². The molecule has 0 fully saturated rings. The number of benzene rings is 2. The summed E-state index contributed by atoms with van der Waals surface area (Å²) in [6, 6.07) is 16.2. The molecule has 0 aliphatic carbocycles. The summed E-state index contributed by atoms with van der Waals surface area (Å²) in [5, 5.41) is 17.8. The molecule has 0 saturated carbocycles. The van der Waals surface area contributed by atoms with E-state index in [1.807, 2.05) is 24.3 Å². The van der Waals surface area contributed by atoms with E-state index in [1.165, 1.54) is 11.1 Å². The average molecular weight is 358 g/mol. The average Bonchev–Trinajstić information content (AvgIpc) is 2.64. The number of aliphatic hydroxyl groups excluding tert-OH is 2. The summed E-state index contributed by atoms with van der Waals surface area (Å²) in [7, 11) is 0. The molecule has 0 saturated heterocycles. The van der Waals surface area contributed by atoms with E-state index in [4.69, 9.17) is 19.7 Å². The second-order valence-corrected chi connectivity index (χ2v) is 7.57. The molecule has 2 aromatic rings. The lowest BCUT2D eigenvalue weighted by atomic mass is 9.60. The lowest BCUT2D eigenvalue weighted by molar-refractivity contribution is 0.201. The van der Waals surface area contributed by atoms with Crippen LogP contribution in [0.2, 0.25) is 0 Å². The van der Waals surface area contributed by atoms with E-state index < -0.39 is 0 Å². The van der Waals surface area contributed by atoms with Gasteiger partial charge in [0.1, 0.15) is 24.7 Å². The summed E-state index contributed by atoms with van der Waals surface area (Å²) in [6.45, 7) is 9.56. The zero-order chi connectivity index (χ0) is 19.2. The molecule has 0 unspecified atom stereocenters. The van der Waals surface area contributed by atoms with Crippen LogP contribution in [0.5, 0.6) is 11.5 Å². The van der Waals surface area contributed by atoms with Gasteiger partial charge in [-0.2, -0.15) is 0 Å². The highest BCUT2D eigenvalue weighted by atomic mass is 16.5. The molecule has 142 valence electrons. The van der Waals surface area contributed by atoms with Crippen LogP contribution in [0.25, 0.3) is 0 Å². The molecule has 26 heavy (non-hydrogen) atoms. The highest BCUT2D eigenvalue weighted by molar-refractivity contribution is 5.44. The molecule has 4 nitrogen and oxygen atoms in total. The zero-order valence-electron chi connectivity index (χ0n) is 16.2. The van der Waals surface area contributed by atoms with Crippen LogP contribution in [0, 0.1) is 5.41 Å². The number of ether oxygens (including phenoxy) is 2. The van der Waals surface area contributed by atoms with Gasteiger partial charge in [-0.1, -0.05) is 52.0 Å². The largest absolute Gasteiger partial charge is 0.491 e. The maximum atomic E-state index is 8.89. The fourth-order valence-corrected chi connectivity index (χ4v) is 3.13. The maximum Gasteiger partial charge on any atom is 0.119 e. The van der Waals surface area contributed by atoms with E-state index in [9.17, 15) is 0 Å². The molecular weight excluding hydrogens is 328 g/mol. The molecule has 0 aliphatic rings. The van der Waals surface area contributed by atoms with Gasteiger partial charge < -0.3 is 19.7 Å². The van der Waals surface area contributed by atoms with Crippen LogP contribution in [-0.2, 0) is 5.41 Å². The summed E-state index contributed by atoms with van der Waals surface area (Å²) in [4.78, 5) is 0. The van der Waals surface area contributed by atoms with Gasteiger partial charge in [0.05, 0.1) is 13.2 Å². The number of hydrogen-bond donors (Lipinski definition) is 2. The van der Waals surface area contributed by atoms with Gasteiger partial charge in [-0.25, -0.2) is 0 Å². The van der Waals surface area contributed by atoms with E-state index in [2.05, 4.69) is 52.0 Å². The van der Waals surface area contributed by atoms with Gasteiger partial charge >= 0.3 is 0 Å². The topological polar surface area (TPSA) is 58.9 Å². The minimum atomic E-state index is -0.210. The van der Waals surface area contributed by atoms with Gasteiger partial charge in [-0.05, 0) is 40.8 Å². The van der Waals surface area contributed by atoms with Crippen LogP contribution < -0.4 is 9.47 Å². The van der Waals surface area contributed by atoms with Crippen molar-refractivity contribution in [2.75, 3.05) is 26.4 Å². The molecule has 4 heteroatoms. The Kier molecular flexibility index (Phi) is 6.68. The number of aliphatic hydroxyl groups is 2. The van der Waals surface area contributed by atoms with Crippen LogP contribution in [0.3, 0.4) is 0 Å². The number of rotatable bonds is 8. The van der Waals surface area contributed by atoms with Crippen molar-refractivity contribution >= 4 is 0 Å². The monoisotopic (exact) mass is 358 g/mol. The Morgan fingerprint density at radius 3 is 1.27 bits per heavy atom. The molecule has 2 aromatic carbocycles. The molecule has 0 atom stereocenters. The van der Waals surface area contributed by atoms with E-state index in [0.717, 1.165) is 11.5 Å². The molecule has 0 aromatic heterocycles. The first-order chi connectivity index (χ1) is 12.3. The van der Waals surface area contributed by atoms with E-state index >= 15 is 0 Å². The Labute approximate surface area is 156 Å². The SMILES string of the molecule is CC(C)(C)C(C)(c1ccc(OCCO)cc1)c1ccc(OCCO)cc1. The van der Waals surface area contributed by atoms with E-state index in [0.29, 0.717) is 13.2 Å². The van der Waals surface area contributed by atoms with Crippen molar-refractivity contribution < 1.29 is 19.7 Å². The highest BCUT2D eigenvalue weighted by Gasteiger charge is 2.40. The Balaban J connectivity index is 2.36. The Morgan fingerprint density at radius 2 is 1.00 bits per heavy atom. The van der Waals surface area contributed by atoms with Crippen LogP contribution in [-0.4, -0.2) is 36.6 Å². The van der Waals surface area contributed by atoms with Crippen molar-refractivity contribution in [1.29, 1.82) is 0 Å². The van der Waals surface area contributed by atoms with Crippen molar-refractivity contribution in [2.24, 2.45) is 5.41 Å². The molecule has 2 N–H and O–H groups in total. The Hall–Kier alpha value is -2.04. The third-order valence-corrected chi connectivity index (χ3v) is 5.08. The first-order valence-corrected chi connectivity index (χ1v) is 9.01. The summed E-state index contributed by atoms with van der Waals surface area (Å²) in [5.41, 5.74) is 2.17. The fourth-order valence-electron chi connectivity index (χ4n) is 3.13. The van der Waals surface area contributed by atoms with Crippen LogP contribution in [0.15, 0.2) is 48.5 Å². The quantitative estimate of drug-likeness (QED) is 0.754. The minimum Gasteiger partial charge on any atom is -0.491 e. The predicted molar refractivity (Wildman–Crippen MR) is 104 cm³/mol. The normalized spacial score (nSPS) is 12.1. The van der Waals surface area contributed by atoms with Gasteiger partial charge in [-0.3, -0.25) is 0 Å². The van der Waals surface area contributed by atoms with Crippen LogP contribution in [0.4, 0.5) is 0 Å². The highest BCUT2D eigenvalue weighted by Crippen LogP contribution is 2.47. The standard InChI is InChI=1S/C22H30O4/c1-21(2,3)22(4,17-5-9-19(10-6-17)25-15-13-23)18-7-11-20(12-8-18)26-16-14-24/h5-12,23-24H,13-16H2,1-4H3. The Morgan fingerprint density at radius 1 is 0.654 bits per heavy atom. The fraction of sp³-hybridized carbons (Fsp3) is 0.455. The first kappa shape index (κ1) is 20.3. The molecule has 0 aliphatic heterocycles. The number of hydrogen-bond acceptors (Lipinski definition) is 4. The van der Waals surface area contributed by atoms with Crippen molar-refractivity contribution in [3.05, 3.63) is 59.7 Å².